The second-order valence-corrected chi connectivity index (χ2v) is 26.8. The SMILES string of the molecule is CCCCN(c1nc(N(CCN2C(=O)C(C)(C)N(C)C(C)(C)C2=O)CCN2C(=O)C(C)(C)N(C)C(C)(C)C2=O)nc(N(CCN2C(=O)C(C)(C)N(C)C(C)(C)C2=O)CCN2C(=O)C(C)(C)N(C)C(C)(C)C2=O)n1)C1CCCCC1. The summed E-state index contributed by atoms with van der Waals surface area (Å²) in [6, 6.07) is 0.0653. The van der Waals surface area contributed by atoms with Crippen LogP contribution >= 0.6 is 0 Å². The van der Waals surface area contributed by atoms with Crippen LogP contribution in [0, 0.1) is 0 Å². The second-order valence-electron chi connectivity index (χ2n) is 26.8. The fourth-order valence-electron chi connectivity index (χ4n) is 12.2. The fraction of sp³-hybridized carbons (Fsp3) is 0.807. The third kappa shape index (κ3) is 10.9. The van der Waals surface area contributed by atoms with Gasteiger partial charge in [0.05, 0.1) is 44.3 Å². The van der Waals surface area contributed by atoms with Crippen molar-refractivity contribution in [3.8, 4) is 0 Å². The van der Waals surface area contributed by atoms with E-state index in [2.05, 4.69) is 11.8 Å². The maximum atomic E-state index is 14.4. The van der Waals surface area contributed by atoms with Crippen LogP contribution < -0.4 is 14.7 Å². The van der Waals surface area contributed by atoms with E-state index in [1.54, 1.807) is 168 Å². The summed E-state index contributed by atoms with van der Waals surface area (Å²) >= 11 is 0. The highest BCUT2D eigenvalue weighted by Gasteiger charge is 2.58. The molecule has 22 heteroatoms. The Hall–Kier alpha value is -5.19. The van der Waals surface area contributed by atoms with Crippen molar-refractivity contribution in [1.29, 1.82) is 0 Å². The van der Waals surface area contributed by atoms with Crippen molar-refractivity contribution in [3.63, 3.8) is 0 Å². The van der Waals surface area contributed by atoms with Gasteiger partial charge in [0.1, 0.15) is 0 Å². The summed E-state index contributed by atoms with van der Waals surface area (Å²) in [5, 5.41) is 0. The zero-order valence-corrected chi connectivity index (χ0v) is 51.9. The van der Waals surface area contributed by atoms with Gasteiger partial charge in [0.2, 0.25) is 65.1 Å². The normalized spacial score (nSPS) is 24.5. The van der Waals surface area contributed by atoms with Crippen LogP contribution in [0.25, 0.3) is 0 Å². The first-order chi connectivity index (χ1) is 36.2. The summed E-state index contributed by atoms with van der Waals surface area (Å²) in [4.78, 5) is 149. The van der Waals surface area contributed by atoms with Gasteiger partial charge in [-0.15, -0.1) is 0 Å². The summed E-state index contributed by atoms with van der Waals surface area (Å²) in [6.45, 7) is 30.9. The van der Waals surface area contributed by atoms with Crippen molar-refractivity contribution < 1.29 is 38.4 Å². The van der Waals surface area contributed by atoms with Gasteiger partial charge in [-0.25, -0.2) is 0 Å². The van der Waals surface area contributed by atoms with Crippen LogP contribution in [0.4, 0.5) is 17.8 Å². The van der Waals surface area contributed by atoms with E-state index in [4.69, 9.17) is 15.0 Å². The molecule has 0 aromatic carbocycles. The molecule has 5 fully saturated rings. The van der Waals surface area contributed by atoms with Gasteiger partial charge in [-0.2, -0.15) is 15.0 Å². The van der Waals surface area contributed by atoms with Crippen molar-refractivity contribution >= 4 is 65.1 Å². The highest BCUT2D eigenvalue weighted by Crippen LogP contribution is 2.38. The number of aromatic nitrogens is 3. The van der Waals surface area contributed by atoms with E-state index in [9.17, 15) is 38.4 Å². The number of unbranched alkanes of at least 4 members (excludes halogenated alkanes) is 1. The average molecular weight is 1110 g/mol. The molecule has 0 bridgehead atoms. The molecular weight excluding hydrogens is 1010 g/mol. The maximum Gasteiger partial charge on any atom is 0.249 e. The second kappa shape index (κ2) is 21.9. The summed E-state index contributed by atoms with van der Waals surface area (Å²) in [5.41, 5.74) is -8.45. The van der Waals surface area contributed by atoms with Crippen LogP contribution in [0.1, 0.15) is 163 Å². The van der Waals surface area contributed by atoms with E-state index in [1.165, 1.54) is 19.6 Å². The minimum atomic E-state index is -1.06. The Bertz CT molecular complexity index is 2170. The summed E-state index contributed by atoms with van der Waals surface area (Å²) in [5.74, 6) is -2.52. The average Bonchev–Trinajstić information content (AvgIpc) is 3.39. The first kappa shape index (κ1) is 63.0. The number of rotatable bonds is 19. The molecule has 0 N–H and O–H groups in total. The summed E-state index contributed by atoms with van der Waals surface area (Å²) in [7, 11) is 7.04. The molecule has 0 unspecified atom stereocenters. The molecule has 5 aliphatic rings. The monoisotopic (exact) mass is 1100 g/mol. The Balaban J connectivity index is 1.56. The summed E-state index contributed by atoms with van der Waals surface area (Å²) < 4.78 is 0. The van der Waals surface area contributed by atoms with Gasteiger partial charge in [0.25, 0.3) is 0 Å². The van der Waals surface area contributed by atoms with Crippen LogP contribution in [0.5, 0.6) is 0 Å². The molecule has 22 nitrogen and oxygen atoms in total. The molecule has 1 aromatic rings. The number of piperazine rings is 4. The lowest BCUT2D eigenvalue weighted by Crippen LogP contribution is -2.73. The molecule has 5 heterocycles. The Kier molecular flexibility index (Phi) is 17.5. The van der Waals surface area contributed by atoms with Crippen LogP contribution in [-0.2, 0) is 38.4 Å². The number of carbonyl (C=O) groups excluding carboxylic acids is 8. The van der Waals surface area contributed by atoms with Gasteiger partial charge in [0.15, 0.2) is 0 Å². The van der Waals surface area contributed by atoms with E-state index in [0.717, 1.165) is 44.9 Å². The topological polar surface area (TPSA) is 211 Å². The fourth-order valence-corrected chi connectivity index (χ4v) is 12.2. The minimum Gasteiger partial charge on any atom is -0.338 e. The Morgan fingerprint density at radius 2 is 0.595 bits per heavy atom. The lowest BCUT2D eigenvalue weighted by Gasteiger charge is -2.52. The number of nitrogens with zero attached hydrogens (tertiary/aromatic N) is 14. The largest absolute Gasteiger partial charge is 0.338 e. The molecule has 0 atom stereocenters. The van der Waals surface area contributed by atoms with Crippen LogP contribution in [0.15, 0.2) is 0 Å². The highest BCUT2D eigenvalue weighted by molar-refractivity contribution is 6.08. The smallest absolute Gasteiger partial charge is 0.249 e. The maximum absolute atomic E-state index is 14.4. The zero-order valence-electron chi connectivity index (χ0n) is 51.9. The van der Waals surface area contributed by atoms with E-state index >= 15 is 0 Å². The molecule has 79 heavy (non-hydrogen) atoms. The van der Waals surface area contributed by atoms with Gasteiger partial charge in [-0.05, 0) is 158 Å². The van der Waals surface area contributed by atoms with Crippen molar-refractivity contribution in [2.75, 3.05) is 102 Å². The van der Waals surface area contributed by atoms with Gasteiger partial charge >= 0.3 is 0 Å². The van der Waals surface area contributed by atoms with Crippen LogP contribution in [0.2, 0.25) is 0 Å². The molecule has 442 valence electrons. The van der Waals surface area contributed by atoms with Crippen LogP contribution in [0.3, 0.4) is 0 Å². The lowest BCUT2D eigenvalue weighted by molar-refractivity contribution is -0.173. The van der Waals surface area contributed by atoms with Gasteiger partial charge in [-0.1, -0.05) is 32.6 Å². The molecule has 1 saturated carbocycles. The third-order valence-electron chi connectivity index (χ3n) is 19.4. The number of likely N-dealkylation sites (N-methyl/N-ethyl adjacent to an activating group) is 4. The quantitative estimate of drug-likeness (QED) is 0.180. The standard InChI is InChI=1S/C57H96N14O8/c1-22-23-29-67(38-27-25-24-26-28-38)49-59-47(65(30-34-68-39(72)50(2,3)61(18)51(4,5)40(68)73)31-35-69-41(74)52(6,7)62(19)53(8,9)42(69)75)58-48(60-49)66(32-36-70-43(76)54(10,11)63(20)55(12,13)44(70)77)33-37-71-45(78)56(14,15)64(21)57(16,17)46(71)79/h38H,22-37H2,1-21H3. The van der Waals surface area contributed by atoms with Gasteiger partial charge in [-0.3, -0.25) is 77.6 Å². The van der Waals surface area contributed by atoms with Crippen molar-refractivity contribution in [2.45, 2.75) is 213 Å². The molecule has 8 amide bonds. The van der Waals surface area contributed by atoms with Gasteiger partial charge < -0.3 is 14.7 Å². The predicted octanol–water partition coefficient (Wildman–Crippen LogP) is 3.85. The lowest BCUT2D eigenvalue weighted by atomic mass is 9.87. The Morgan fingerprint density at radius 3 is 0.823 bits per heavy atom. The Morgan fingerprint density at radius 1 is 0.367 bits per heavy atom. The molecule has 0 spiro atoms. The van der Waals surface area contributed by atoms with Crippen molar-refractivity contribution in [3.05, 3.63) is 0 Å². The summed E-state index contributed by atoms with van der Waals surface area (Å²) in [6.07, 6.45) is 6.60. The Labute approximate surface area is 470 Å². The molecular formula is C57H96N14O8. The first-order valence-corrected chi connectivity index (χ1v) is 28.6. The zero-order chi connectivity index (χ0) is 59.7. The van der Waals surface area contributed by atoms with E-state index in [0.29, 0.717) is 12.5 Å². The number of hydrogen-bond acceptors (Lipinski definition) is 18. The number of hydrogen-bond donors (Lipinski definition) is 0. The van der Waals surface area contributed by atoms with Crippen molar-refractivity contribution in [1.82, 2.24) is 54.2 Å². The highest BCUT2D eigenvalue weighted by atomic mass is 16.2. The minimum absolute atomic E-state index is 0.0134. The predicted molar refractivity (Wildman–Crippen MR) is 304 cm³/mol. The third-order valence-corrected chi connectivity index (χ3v) is 19.4. The van der Waals surface area contributed by atoms with Gasteiger partial charge in [0, 0.05) is 64.9 Å². The van der Waals surface area contributed by atoms with E-state index in [-0.39, 0.29) is 70.3 Å². The number of carbonyl (C=O) groups is 8. The molecule has 4 saturated heterocycles. The number of amides is 8. The number of anilines is 3. The molecule has 1 aromatic heterocycles. The van der Waals surface area contributed by atoms with E-state index < -0.39 is 91.6 Å². The molecule has 0 radical (unpaired) electrons. The molecule has 1 aliphatic carbocycles. The van der Waals surface area contributed by atoms with E-state index in [1.807, 2.05) is 0 Å². The van der Waals surface area contributed by atoms with Crippen molar-refractivity contribution in [2.24, 2.45) is 0 Å². The number of imide groups is 4. The molecule has 6 rings (SSSR count). The van der Waals surface area contributed by atoms with Crippen LogP contribution in [-0.4, -0.2) is 239 Å². The first-order valence-electron chi connectivity index (χ1n) is 28.6. The molecule has 4 aliphatic heterocycles.